The van der Waals surface area contributed by atoms with Gasteiger partial charge in [0.25, 0.3) is 0 Å². The molecule has 0 spiro atoms. The van der Waals surface area contributed by atoms with Gasteiger partial charge in [0.1, 0.15) is 0 Å². The molecule has 2 rings (SSSR count). The average molecular weight is 252 g/mol. The van der Waals surface area contributed by atoms with Crippen LogP contribution in [-0.2, 0) is 11.3 Å². The van der Waals surface area contributed by atoms with Crippen molar-refractivity contribution in [1.29, 1.82) is 0 Å². The Hall–Kier alpha value is -1.07. The molecule has 0 amide bonds. The Kier molecular flexibility index (Phi) is 3.92. The molecule has 1 aromatic heterocycles. The van der Waals surface area contributed by atoms with E-state index in [0.29, 0.717) is 12.6 Å². The second kappa shape index (κ2) is 5.28. The molecule has 5 nitrogen and oxygen atoms in total. The van der Waals surface area contributed by atoms with E-state index in [9.17, 15) is 0 Å². The van der Waals surface area contributed by atoms with Crippen molar-refractivity contribution in [1.82, 2.24) is 15.1 Å². The summed E-state index contributed by atoms with van der Waals surface area (Å²) in [6, 6.07) is 0.498. The minimum absolute atomic E-state index is 0.154. The molecule has 0 radical (unpaired) electrons. The van der Waals surface area contributed by atoms with Crippen LogP contribution >= 0.6 is 0 Å². The molecule has 1 aliphatic rings. The fourth-order valence-electron chi connectivity index (χ4n) is 2.33. The van der Waals surface area contributed by atoms with E-state index in [2.05, 4.69) is 42.3 Å². The monoisotopic (exact) mass is 252 g/mol. The van der Waals surface area contributed by atoms with Crippen molar-refractivity contribution < 1.29 is 4.74 Å². The van der Waals surface area contributed by atoms with Crippen molar-refractivity contribution in [3.63, 3.8) is 0 Å². The van der Waals surface area contributed by atoms with Gasteiger partial charge in [0.2, 0.25) is 0 Å². The lowest BCUT2D eigenvalue weighted by Gasteiger charge is -2.44. The quantitative estimate of drug-likeness (QED) is 0.871. The molecule has 0 aliphatic carbocycles. The Morgan fingerprint density at radius 1 is 1.56 bits per heavy atom. The third-order valence-electron chi connectivity index (χ3n) is 3.45. The number of hydrogen-bond donors (Lipinski definition) is 1. The normalized spacial score (nSPS) is 23.3. The van der Waals surface area contributed by atoms with Gasteiger partial charge < -0.3 is 15.0 Å². The van der Waals surface area contributed by atoms with Gasteiger partial charge in [0.15, 0.2) is 0 Å². The van der Waals surface area contributed by atoms with Gasteiger partial charge in [0.05, 0.1) is 25.0 Å². The number of nitrogens with zero attached hydrogens (tertiary/aromatic N) is 3. The maximum absolute atomic E-state index is 5.07. The summed E-state index contributed by atoms with van der Waals surface area (Å²) in [5.74, 6) is 0. The smallest absolute Gasteiger partial charge is 0.0756 e. The van der Waals surface area contributed by atoms with E-state index >= 15 is 0 Å². The molecule has 1 aliphatic heterocycles. The molecule has 1 aromatic rings. The maximum Gasteiger partial charge on any atom is 0.0756 e. The summed E-state index contributed by atoms with van der Waals surface area (Å²) >= 11 is 0. The second-order valence-electron chi connectivity index (χ2n) is 5.70. The van der Waals surface area contributed by atoms with Gasteiger partial charge in [-0.15, -0.1) is 0 Å². The van der Waals surface area contributed by atoms with Gasteiger partial charge >= 0.3 is 0 Å². The molecule has 1 atom stereocenters. The lowest BCUT2D eigenvalue weighted by atomic mass is 9.99. The predicted octanol–water partition coefficient (Wildman–Crippen LogP) is 1.11. The van der Waals surface area contributed by atoms with Gasteiger partial charge in [-0.1, -0.05) is 0 Å². The van der Waals surface area contributed by atoms with Gasteiger partial charge in [-0.25, -0.2) is 0 Å². The van der Waals surface area contributed by atoms with Crippen LogP contribution in [0.15, 0.2) is 12.4 Å². The lowest BCUT2D eigenvalue weighted by molar-refractivity contribution is 0.183. The van der Waals surface area contributed by atoms with Crippen molar-refractivity contribution in [2.24, 2.45) is 0 Å². The van der Waals surface area contributed by atoms with Gasteiger partial charge in [-0.05, 0) is 20.8 Å². The Morgan fingerprint density at radius 3 is 3.06 bits per heavy atom. The van der Waals surface area contributed by atoms with Crippen molar-refractivity contribution >= 4 is 5.69 Å². The van der Waals surface area contributed by atoms with Crippen LogP contribution in [0.4, 0.5) is 5.69 Å². The number of nitrogens with one attached hydrogen (secondary N) is 1. The minimum Gasteiger partial charge on any atom is -0.383 e. The molecule has 0 saturated carbocycles. The van der Waals surface area contributed by atoms with Crippen molar-refractivity contribution in [2.75, 3.05) is 31.7 Å². The Balaban J connectivity index is 2.07. The fraction of sp³-hybridized carbons (Fsp3) is 0.769. The number of hydrogen-bond acceptors (Lipinski definition) is 4. The van der Waals surface area contributed by atoms with Crippen LogP contribution in [0.25, 0.3) is 0 Å². The zero-order valence-electron chi connectivity index (χ0n) is 11.8. The highest BCUT2D eigenvalue weighted by molar-refractivity contribution is 5.45. The topological polar surface area (TPSA) is 42.3 Å². The Bertz CT molecular complexity index is 388. The van der Waals surface area contributed by atoms with Crippen LogP contribution in [0.2, 0.25) is 0 Å². The van der Waals surface area contributed by atoms with Gasteiger partial charge in [-0.3, -0.25) is 4.68 Å². The van der Waals surface area contributed by atoms with Gasteiger partial charge in [-0.2, -0.15) is 5.10 Å². The lowest BCUT2D eigenvalue weighted by Crippen LogP contribution is -2.60. The summed E-state index contributed by atoms with van der Waals surface area (Å²) in [4.78, 5) is 2.42. The third kappa shape index (κ3) is 3.03. The summed E-state index contributed by atoms with van der Waals surface area (Å²) in [5, 5.41) is 7.95. The molecular weight excluding hydrogens is 228 g/mol. The van der Waals surface area contributed by atoms with Crippen molar-refractivity contribution in [3.05, 3.63) is 12.4 Å². The first-order valence-corrected chi connectivity index (χ1v) is 6.55. The number of aromatic nitrogens is 2. The highest BCUT2D eigenvalue weighted by Crippen LogP contribution is 2.22. The molecule has 18 heavy (non-hydrogen) atoms. The van der Waals surface area contributed by atoms with E-state index in [-0.39, 0.29) is 5.54 Å². The summed E-state index contributed by atoms with van der Waals surface area (Å²) < 4.78 is 7.02. The van der Waals surface area contributed by atoms with Crippen molar-refractivity contribution in [3.8, 4) is 0 Å². The van der Waals surface area contributed by atoms with E-state index in [1.165, 1.54) is 5.69 Å². The summed E-state index contributed by atoms with van der Waals surface area (Å²) in [7, 11) is 1.71. The number of piperazine rings is 1. The summed E-state index contributed by atoms with van der Waals surface area (Å²) in [5.41, 5.74) is 1.36. The number of anilines is 1. The average Bonchev–Trinajstić information content (AvgIpc) is 2.78. The zero-order chi connectivity index (χ0) is 13.2. The first-order valence-electron chi connectivity index (χ1n) is 6.55. The fourth-order valence-corrected chi connectivity index (χ4v) is 2.33. The molecule has 1 unspecified atom stereocenters. The van der Waals surface area contributed by atoms with E-state index in [1.54, 1.807) is 7.11 Å². The second-order valence-corrected chi connectivity index (χ2v) is 5.70. The van der Waals surface area contributed by atoms with E-state index in [1.807, 2.05) is 10.9 Å². The van der Waals surface area contributed by atoms with Crippen LogP contribution in [0.3, 0.4) is 0 Å². The Morgan fingerprint density at radius 2 is 2.33 bits per heavy atom. The van der Waals surface area contributed by atoms with Gasteiger partial charge in [0, 0.05) is 38.0 Å². The van der Waals surface area contributed by atoms with Crippen LogP contribution in [-0.4, -0.2) is 48.2 Å². The Labute approximate surface area is 109 Å². The molecule has 1 N–H and O–H groups in total. The highest BCUT2D eigenvalue weighted by Gasteiger charge is 2.30. The standard InChI is InChI=1S/C13H24N4O/c1-11-7-14-13(2,3)10-17(11)12-8-15-16(9-12)5-6-18-4/h8-9,11,14H,5-7,10H2,1-4H3. The SMILES string of the molecule is COCCn1cc(N2CC(C)(C)NCC2C)cn1. The van der Waals surface area contributed by atoms with Crippen molar-refractivity contribution in [2.45, 2.75) is 38.9 Å². The molecule has 2 heterocycles. The number of ether oxygens (including phenoxy) is 1. The summed E-state index contributed by atoms with van der Waals surface area (Å²) in [6.07, 6.45) is 4.06. The predicted molar refractivity (Wildman–Crippen MR) is 73.0 cm³/mol. The van der Waals surface area contributed by atoms with E-state index < -0.39 is 0 Å². The molecule has 102 valence electrons. The van der Waals surface area contributed by atoms with Crippen LogP contribution < -0.4 is 10.2 Å². The van der Waals surface area contributed by atoms with Crippen LogP contribution in [0, 0.1) is 0 Å². The first kappa shape index (κ1) is 13.4. The maximum atomic E-state index is 5.07. The minimum atomic E-state index is 0.154. The first-order chi connectivity index (χ1) is 8.52. The van der Waals surface area contributed by atoms with E-state index in [0.717, 1.165) is 19.6 Å². The molecule has 1 fully saturated rings. The molecule has 1 saturated heterocycles. The molecule has 0 bridgehead atoms. The largest absolute Gasteiger partial charge is 0.383 e. The molecular formula is C13H24N4O. The number of methoxy groups -OCH3 is 1. The van der Waals surface area contributed by atoms with Crippen LogP contribution in [0.5, 0.6) is 0 Å². The number of rotatable bonds is 4. The third-order valence-corrected chi connectivity index (χ3v) is 3.45. The molecule has 5 heteroatoms. The zero-order valence-corrected chi connectivity index (χ0v) is 11.8. The highest BCUT2D eigenvalue weighted by atomic mass is 16.5. The van der Waals surface area contributed by atoms with E-state index in [4.69, 9.17) is 4.74 Å². The summed E-state index contributed by atoms with van der Waals surface area (Å²) in [6.45, 7) is 10.2. The van der Waals surface area contributed by atoms with Crippen LogP contribution in [0.1, 0.15) is 20.8 Å². The molecule has 0 aromatic carbocycles.